The topological polar surface area (TPSA) is 88.0 Å². The Balaban J connectivity index is 2.46. The zero-order valence-electron chi connectivity index (χ0n) is 8.38. The van der Waals surface area contributed by atoms with Crippen LogP contribution in [0.5, 0.6) is 0 Å². The van der Waals surface area contributed by atoms with Crippen molar-refractivity contribution in [3.05, 3.63) is 30.0 Å². The zero-order valence-corrected chi connectivity index (χ0v) is 8.38. The number of aromatic nitrogens is 1. The van der Waals surface area contributed by atoms with Gasteiger partial charge in [0.05, 0.1) is 11.2 Å². The lowest BCUT2D eigenvalue weighted by Gasteiger charge is -2.00. The number of rotatable bonds is 1. The first-order valence-electron chi connectivity index (χ1n) is 4.56. The van der Waals surface area contributed by atoms with Crippen LogP contribution in [-0.2, 0) is 9.59 Å². The van der Waals surface area contributed by atoms with E-state index in [0.717, 1.165) is 12.1 Å². The number of carbonyl (C=O) groups is 2. The molecule has 4 N–H and O–H groups in total. The van der Waals surface area contributed by atoms with E-state index >= 15 is 0 Å². The van der Waals surface area contributed by atoms with E-state index in [1.165, 1.54) is 6.20 Å². The fraction of sp³-hybridized carbons (Fsp3) is 0. The van der Waals surface area contributed by atoms with Crippen molar-refractivity contribution < 1.29 is 18.4 Å². The van der Waals surface area contributed by atoms with Crippen molar-refractivity contribution in [2.24, 2.45) is 5.73 Å². The molecule has 0 aliphatic heterocycles. The number of primary amides is 1. The molecule has 1 aromatic heterocycles. The van der Waals surface area contributed by atoms with Crippen LogP contribution in [0.4, 0.5) is 14.5 Å². The first-order chi connectivity index (χ1) is 7.99. The summed E-state index contributed by atoms with van der Waals surface area (Å²) >= 11 is 0. The van der Waals surface area contributed by atoms with Crippen LogP contribution in [0.25, 0.3) is 10.9 Å². The molecule has 0 aliphatic rings. The maximum Gasteiger partial charge on any atom is 0.313 e. The highest BCUT2D eigenvalue weighted by Gasteiger charge is 2.14. The van der Waals surface area contributed by atoms with Crippen molar-refractivity contribution in [1.29, 1.82) is 0 Å². The van der Waals surface area contributed by atoms with Crippen molar-refractivity contribution in [1.82, 2.24) is 4.98 Å². The van der Waals surface area contributed by atoms with Gasteiger partial charge in [-0.1, -0.05) is 0 Å². The Morgan fingerprint density at radius 3 is 2.53 bits per heavy atom. The highest BCUT2D eigenvalue weighted by Crippen LogP contribution is 2.25. The van der Waals surface area contributed by atoms with Gasteiger partial charge >= 0.3 is 11.8 Å². The first kappa shape index (κ1) is 11.1. The molecular weight excluding hydrogens is 232 g/mol. The first-order valence-corrected chi connectivity index (χ1v) is 4.56. The number of amides is 2. The lowest BCUT2D eigenvalue weighted by Crippen LogP contribution is -2.29. The molecule has 7 heteroatoms. The van der Waals surface area contributed by atoms with Crippen molar-refractivity contribution in [3.8, 4) is 0 Å². The number of nitrogens with two attached hydrogens (primary N) is 1. The lowest BCUT2D eigenvalue weighted by molar-refractivity contribution is -0.134. The third kappa shape index (κ3) is 1.94. The molecule has 0 fully saturated rings. The van der Waals surface area contributed by atoms with E-state index in [1.807, 2.05) is 0 Å². The summed E-state index contributed by atoms with van der Waals surface area (Å²) in [6.45, 7) is 0. The Kier molecular flexibility index (Phi) is 2.51. The van der Waals surface area contributed by atoms with Crippen molar-refractivity contribution in [3.63, 3.8) is 0 Å². The molecule has 88 valence electrons. The minimum absolute atomic E-state index is 0.155. The van der Waals surface area contributed by atoms with Gasteiger partial charge in [0.15, 0.2) is 11.6 Å². The molecule has 0 saturated carbocycles. The largest absolute Gasteiger partial charge is 0.361 e. The van der Waals surface area contributed by atoms with Crippen LogP contribution in [0.2, 0.25) is 0 Å². The molecule has 1 aromatic carbocycles. The molecule has 0 radical (unpaired) electrons. The number of H-pyrrole nitrogens is 1. The van der Waals surface area contributed by atoms with E-state index < -0.39 is 23.4 Å². The lowest BCUT2D eigenvalue weighted by atomic mass is 10.2. The number of hydrogen-bond acceptors (Lipinski definition) is 2. The second kappa shape index (κ2) is 3.85. The number of nitrogens with one attached hydrogen (secondary N) is 2. The van der Waals surface area contributed by atoms with Crippen LogP contribution in [-0.4, -0.2) is 16.8 Å². The standard InChI is InChI=1S/C10H7F2N3O2/c11-5-1-4-7(2-6(5)12)14-3-8(4)15-10(17)9(13)16/h1-3,14H,(H2,13,16)(H,15,17). The Labute approximate surface area is 93.6 Å². The monoisotopic (exact) mass is 239 g/mol. The van der Waals surface area contributed by atoms with Gasteiger partial charge in [0.25, 0.3) is 0 Å². The van der Waals surface area contributed by atoms with Gasteiger partial charge in [-0.25, -0.2) is 8.78 Å². The van der Waals surface area contributed by atoms with E-state index in [9.17, 15) is 18.4 Å². The van der Waals surface area contributed by atoms with Gasteiger partial charge in [0.1, 0.15) is 0 Å². The third-order valence-electron chi connectivity index (χ3n) is 2.19. The Bertz CT molecular complexity index is 621. The quantitative estimate of drug-likeness (QED) is 0.645. The summed E-state index contributed by atoms with van der Waals surface area (Å²) in [4.78, 5) is 24.2. The summed E-state index contributed by atoms with van der Waals surface area (Å²) < 4.78 is 25.9. The summed E-state index contributed by atoms with van der Waals surface area (Å²) in [5.74, 6) is -4.25. The van der Waals surface area contributed by atoms with Crippen LogP contribution in [0.3, 0.4) is 0 Å². The molecule has 2 amide bonds. The number of halogens is 2. The molecule has 1 heterocycles. The van der Waals surface area contributed by atoms with Crippen LogP contribution in [0, 0.1) is 11.6 Å². The van der Waals surface area contributed by atoms with Crippen LogP contribution < -0.4 is 11.1 Å². The molecule has 17 heavy (non-hydrogen) atoms. The molecule has 5 nitrogen and oxygen atoms in total. The van der Waals surface area contributed by atoms with Gasteiger partial charge in [0.2, 0.25) is 0 Å². The summed E-state index contributed by atoms with van der Waals surface area (Å²) in [5.41, 5.74) is 5.21. The maximum absolute atomic E-state index is 13.0. The Morgan fingerprint density at radius 2 is 1.88 bits per heavy atom. The second-order valence-corrected chi connectivity index (χ2v) is 3.33. The highest BCUT2D eigenvalue weighted by atomic mass is 19.2. The predicted molar refractivity (Wildman–Crippen MR) is 56.0 cm³/mol. The zero-order chi connectivity index (χ0) is 12.6. The molecule has 0 atom stereocenters. The Morgan fingerprint density at radius 1 is 1.24 bits per heavy atom. The van der Waals surface area contributed by atoms with E-state index in [4.69, 9.17) is 5.73 Å². The third-order valence-corrected chi connectivity index (χ3v) is 2.19. The van der Waals surface area contributed by atoms with Gasteiger partial charge in [-0.05, 0) is 6.07 Å². The van der Waals surface area contributed by atoms with E-state index in [0.29, 0.717) is 5.52 Å². The van der Waals surface area contributed by atoms with Crippen LogP contribution in [0.15, 0.2) is 18.3 Å². The molecule has 0 aliphatic carbocycles. The minimum atomic E-state index is -1.16. The second-order valence-electron chi connectivity index (χ2n) is 3.33. The Hall–Kier alpha value is -2.44. The molecule has 0 unspecified atom stereocenters. The van der Waals surface area contributed by atoms with Gasteiger partial charge in [-0.2, -0.15) is 0 Å². The summed E-state index contributed by atoms with van der Waals surface area (Å²) in [5, 5.41) is 2.43. The molecule has 2 rings (SSSR count). The van der Waals surface area contributed by atoms with Crippen molar-refractivity contribution >= 4 is 28.4 Å². The van der Waals surface area contributed by atoms with E-state index in [-0.39, 0.29) is 11.1 Å². The summed E-state index contributed by atoms with van der Waals surface area (Å²) in [6.07, 6.45) is 1.31. The molecule has 0 bridgehead atoms. The van der Waals surface area contributed by atoms with Gasteiger partial charge in [-0.15, -0.1) is 0 Å². The molecule has 2 aromatic rings. The summed E-state index contributed by atoms with van der Waals surface area (Å²) in [7, 11) is 0. The average molecular weight is 239 g/mol. The number of carbonyl (C=O) groups excluding carboxylic acids is 2. The SMILES string of the molecule is NC(=O)C(=O)Nc1c[nH]c2cc(F)c(F)cc12. The van der Waals surface area contributed by atoms with Crippen molar-refractivity contribution in [2.45, 2.75) is 0 Å². The minimum Gasteiger partial charge on any atom is -0.361 e. The van der Waals surface area contributed by atoms with Gasteiger partial charge in [0, 0.05) is 17.6 Å². The number of aromatic amines is 1. The number of anilines is 1. The molecular formula is C10H7F2N3O2. The highest BCUT2D eigenvalue weighted by molar-refractivity contribution is 6.39. The smallest absolute Gasteiger partial charge is 0.313 e. The fourth-order valence-electron chi connectivity index (χ4n) is 1.40. The van der Waals surface area contributed by atoms with Crippen molar-refractivity contribution in [2.75, 3.05) is 5.32 Å². The molecule has 0 saturated heterocycles. The van der Waals surface area contributed by atoms with Crippen LogP contribution >= 0.6 is 0 Å². The van der Waals surface area contributed by atoms with E-state index in [2.05, 4.69) is 10.3 Å². The summed E-state index contributed by atoms with van der Waals surface area (Å²) in [6, 6.07) is 1.86. The van der Waals surface area contributed by atoms with Gasteiger partial charge in [-0.3, -0.25) is 9.59 Å². The number of fused-ring (bicyclic) bond motifs is 1. The number of benzene rings is 1. The molecule has 0 spiro atoms. The number of hydrogen-bond donors (Lipinski definition) is 3. The van der Waals surface area contributed by atoms with Crippen LogP contribution in [0.1, 0.15) is 0 Å². The normalized spacial score (nSPS) is 10.5. The predicted octanol–water partition coefficient (Wildman–Crippen LogP) is 0.870. The van der Waals surface area contributed by atoms with Gasteiger partial charge < -0.3 is 16.0 Å². The fourth-order valence-corrected chi connectivity index (χ4v) is 1.40. The average Bonchev–Trinajstić information content (AvgIpc) is 2.62. The van der Waals surface area contributed by atoms with E-state index in [1.54, 1.807) is 0 Å². The maximum atomic E-state index is 13.0.